The second kappa shape index (κ2) is 5.70. The lowest BCUT2D eigenvalue weighted by Gasteiger charge is -2.08. The average Bonchev–Trinajstić information content (AvgIpc) is 2.98. The van der Waals surface area contributed by atoms with E-state index in [4.69, 9.17) is 4.74 Å². The predicted octanol–water partition coefficient (Wildman–Crippen LogP) is 3.12. The van der Waals surface area contributed by atoms with Gasteiger partial charge in [0.15, 0.2) is 17.5 Å². The third-order valence-electron chi connectivity index (χ3n) is 2.85. The van der Waals surface area contributed by atoms with E-state index < -0.39 is 11.6 Å². The molecular formula is C15H11F2N3O. The van der Waals surface area contributed by atoms with Crippen molar-refractivity contribution in [3.05, 3.63) is 72.1 Å². The molecule has 0 saturated carbocycles. The molecule has 0 bridgehead atoms. The SMILES string of the molecule is Fc1ccc(COc2ccnn2-c2ccccn2)cc1F. The fourth-order valence-electron chi connectivity index (χ4n) is 1.84. The molecule has 0 aliphatic rings. The Morgan fingerprint density at radius 2 is 1.90 bits per heavy atom. The summed E-state index contributed by atoms with van der Waals surface area (Å²) in [6.45, 7) is 0.107. The molecule has 0 aliphatic carbocycles. The van der Waals surface area contributed by atoms with Crippen molar-refractivity contribution in [2.45, 2.75) is 6.61 Å². The van der Waals surface area contributed by atoms with Crippen LogP contribution in [0, 0.1) is 11.6 Å². The Morgan fingerprint density at radius 1 is 1.00 bits per heavy atom. The van der Waals surface area contributed by atoms with E-state index in [0.29, 0.717) is 17.3 Å². The van der Waals surface area contributed by atoms with Crippen LogP contribution >= 0.6 is 0 Å². The number of pyridine rings is 1. The molecule has 3 rings (SSSR count). The highest BCUT2D eigenvalue weighted by Crippen LogP contribution is 2.17. The largest absolute Gasteiger partial charge is 0.473 e. The van der Waals surface area contributed by atoms with Gasteiger partial charge in [-0.1, -0.05) is 12.1 Å². The summed E-state index contributed by atoms with van der Waals surface area (Å²) in [7, 11) is 0. The van der Waals surface area contributed by atoms with Crippen molar-refractivity contribution >= 4 is 0 Å². The monoisotopic (exact) mass is 287 g/mol. The van der Waals surface area contributed by atoms with E-state index in [9.17, 15) is 8.78 Å². The van der Waals surface area contributed by atoms with Gasteiger partial charge in [0.2, 0.25) is 5.88 Å². The standard InChI is InChI=1S/C15H11F2N3O/c16-12-5-4-11(9-13(12)17)10-21-15-6-8-19-20(15)14-3-1-2-7-18-14/h1-9H,10H2. The molecule has 1 aromatic carbocycles. The topological polar surface area (TPSA) is 39.9 Å². The van der Waals surface area contributed by atoms with Crippen molar-refractivity contribution in [1.82, 2.24) is 14.8 Å². The predicted molar refractivity (Wildman–Crippen MR) is 72.0 cm³/mol. The zero-order valence-electron chi connectivity index (χ0n) is 10.9. The third kappa shape index (κ3) is 2.89. The number of nitrogens with zero attached hydrogens (tertiary/aromatic N) is 3. The first-order chi connectivity index (χ1) is 10.2. The van der Waals surface area contributed by atoms with E-state index in [1.807, 2.05) is 6.07 Å². The highest BCUT2D eigenvalue weighted by molar-refractivity contribution is 5.27. The lowest BCUT2D eigenvalue weighted by atomic mass is 10.2. The fourth-order valence-corrected chi connectivity index (χ4v) is 1.84. The molecule has 0 atom stereocenters. The second-order valence-corrected chi connectivity index (χ2v) is 4.31. The van der Waals surface area contributed by atoms with Crippen LogP contribution in [0.5, 0.6) is 5.88 Å². The molecule has 0 saturated heterocycles. The van der Waals surface area contributed by atoms with Crippen LogP contribution in [0.2, 0.25) is 0 Å². The van der Waals surface area contributed by atoms with E-state index in [1.165, 1.54) is 10.7 Å². The van der Waals surface area contributed by atoms with Gasteiger partial charge in [-0.05, 0) is 29.8 Å². The number of hydrogen-bond donors (Lipinski definition) is 0. The quantitative estimate of drug-likeness (QED) is 0.740. The Balaban J connectivity index is 1.77. The zero-order valence-corrected chi connectivity index (χ0v) is 10.9. The summed E-state index contributed by atoms with van der Waals surface area (Å²) in [5.41, 5.74) is 0.530. The number of benzene rings is 1. The highest BCUT2D eigenvalue weighted by Gasteiger charge is 2.08. The van der Waals surface area contributed by atoms with Gasteiger partial charge in [-0.3, -0.25) is 0 Å². The molecule has 0 radical (unpaired) electrons. The van der Waals surface area contributed by atoms with Gasteiger partial charge in [-0.2, -0.15) is 9.78 Å². The van der Waals surface area contributed by atoms with Crippen molar-refractivity contribution in [1.29, 1.82) is 0 Å². The molecule has 0 aliphatic heterocycles. The van der Waals surface area contributed by atoms with Crippen molar-refractivity contribution in [2.24, 2.45) is 0 Å². The first-order valence-electron chi connectivity index (χ1n) is 6.26. The summed E-state index contributed by atoms with van der Waals surface area (Å²) in [4.78, 5) is 4.17. The summed E-state index contributed by atoms with van der Waals surface area (Å²) >= 11 is 0. The van der Waals surface area contributed by atoms with Crippen molar-refractivity contribution in [2.75, 3.05) is 0 Å². The Kier molecular flexibility index (Phi) is 3.59. The zero-order chi connectivity index (χ0) is 14.7. The molecule has 0 fully saturated rings. The van der Waals surface area contributed by atoms with Gasteiger partial charge in [0, 0.05) is 12.3 Å². The van der Waals surface area contributed by atoms with Crippen LogP contribution in [-0.2, 0) is 6.61 Å². The van der Waals surface area contributed by atoms with E-state index in [-0.39, 0.29) is 6.61 Å². The van der Waals surface area contributed by atoms with Crippen LogP contribution in [0.3, 0.4) is 0 Å². The smallest absolute Gasteiger partial charge is 0.218 e. The molecule has 0 amide bonds. The Morgan fingerprint density at radius 3 is 2.67 bits per heavy atom. The normalized spacial score (nSPS) is 10.6. The Bertz CT molecular complexity index is 744. The molecule has 3 aromatic rings. The van der Waals surface area contributed by atoms with Crippen LogP contribution < -0.4 is 4.74 Å². The maximum Gasteiger partial charge on any atom is 0.218 e. The van der Waals surface area contributed by atoms with Crippen LogP contribution in [0.1, 0.15) is 5.56 Å². The minimum Gasteiger partial charge on any atom is -0.473 e. The number of hydrogen-bond acceptors (Lipinski definition) is 3. The molecule has 0 unspecified atom stereocenters. The lowest BCUT2D eigenvalue weighted by Crippen LogP contribution is -2.04. The molecule has 0 spiro atoms. The lowest BCUT2D eigenvalue weighted by molar-refractivity contribution is 0.283. The van der Waals surface area contributed by atoms with Gasteiger partial charge in [0.25, 0.3) is 0 Å². The van der Waals surface area contributed by atoms with Crippen LogP contribution in [0.15, 0.2) is 54.9 Å². The molecule has 2 aromatic heterocycles. The molecule has 106 valence electrons. The third-order valence-corrected chi connectivity index (χ3v) is 2.85. The van der Waals surface area contributed by atoms with Gasteiger partial charge < -0.3 is 4.74 Å². The van der Waals surface area contributed by atoms with E-state index in [0.717, 1.165) is 12.1 Å². The number of halogens is 2. The maximum absolute atomic E-state index is 13.1. The molecule has 2 heterocycles. The Hall–Kier alpha value is -2.76. The maximum atomic E-state index is 13.1. The number of aromatic nitrogens is 3. The van der Waals surface area contributed by atoms with Gasteiger partial charge in [-0.25, -0.2) is 13.8 Å². The molecular weight excluding hydrogens is 276 g/mol. The van der Waals surface area contributed by atoms with Crippen LogP contribution in [0.25, 0.3) is 5.82 Å². The van der Waals surface area contributed by atoms with E-state index in [2.05, 4.69) is 10.1 Å². The first-order valence-corrected chi connectivity index (χ1v) is 6.26. The van der Waals surface area contributed by atoms with Crippen LogP contribution in [-0.4, -0.2) is 14.8 Å². The molecule has 4 nitrogen and oxygen atoms in total. The van der Waals surface area contributed by atoms with E-state index in [1.54, 1.807) is 30.6 Å². The minimum atomic E-state index is -0.894. The summed E-state index contributed by atoms with van der Waals surface area (Å²) < 4.78 is 33.1. The van der Waals surface area contributed by atoms with Gasteiger partial charge in [0.1, 0.15) is 6.61 Å². The van der Waals surface area contributed by atoms with Gasteiger partial charge in [-0.15, -0.1) is 0 Å². The highest BCUT2D eigenvalue weighted by atomic mass is 19.2. The fraction of sp³-hybridized carbons (Fsp3) is 0.0667. The Labute approximate surface area is 119 Å². The first kappa shape index (κ1) is 13.2. The summed E-state index contributed by atoms with van der Waals surface area (Å²) in [5.74, 6) is -0.687. The summed E-state index contributed by atoms with van der Waals surface area (Å²) in [6.07, 6.45) is 3.23. The number of rotatable bonds is 4. The molecule has 6 heteroatoms. The van der Waals surface area contributed by atoms with Crippen LogP contribution in [0.4, 0.5) is 8.78 Å². The average molecular weight is 287 g/mol. The molecule has 21 heavy (non-hydrogen) atoms. The summed E-state index contributed by atoms with van der Waals surface area (Å²) in [5, 5.41) is 4.13. The van der Waals surface area contributed by atoms with Crippen molar-refractivity contribution in [3.63, 3.8) is 0 Å². The number of ether oxygens (including phenoxy) is 1. The van der Waals surface area contributed by atoms with E-state index >= 15 is 0 Å². The van der Waals surface area contributed by atoms with Gasteiger partial charge >= 0.3 is 0 Å². The minimum absolute atomic E-state index is 0.107. The second-order valence-electron chi connectivity index (χ2n) is 4.31. The summed E-state index contributed by atoms with van der Waals surface area (Å²) in [6, 6.07) is 10.8. The van der Waals surface area contributed by atoms with Crippen molar-refractivity contribution in [3.8, 4) is 11.7 Å². The molecule has 0 N–H and O–H groups in total. The van der Waals surface area contributed by atoms with Crippen molar-refractivity contribution < 1.29 is 13.5 Å². The van der Waals surface area contributed by atoms with Gasteiger partial charge in [0.05, 0.1) is 6.20 Å².